The normalized spacial score (nSPS) is 15.3. The second kappa shape index (κ2) is 11.3. The maximum Gasteiger partial charge on any atom is 0.325 e. The lowest BCUT2D eigenvalue weighted by Gasteiger charge is -2.35. The van der Waals surface area contributed by atoms with Crippen molar-refractivity contribution in [3.05, 3.63) is 23.5 Å². The van der Waals surface area contributed by atoms with Crippen molar-refractivity contribution in [1.82, 2.24) is 15.2 Å². The van der Waals surface area contributed by atoms with E-state index in [0.717, 1.165) is 25.7 Å². The highest BCUT2D eigenvalue weighted by molar-refractivity contribution is 6.32. The molecule has 1 aromatic rings. The van der Waals surface area contributed by atoms with Gasteiger partial charge >= 0.3 is 12.0 Å². The lowest BCUT2D eigenvalue weighted by atomic mass is 9.85. The second-order valence-electron chi connectivity index (χ2n) is 8.91. The zero-order chi connectivity index (χ0) is 23.0. The van der Waals surface area contributed by atoms with Crippen molar-refractivity contribution >= 4 is 35.2 Å². The number of carbonyl (C=O) groups is 3. The van der Waals surface area contributed by atoms with Crippen LogP contribution in [0.5, 0.6) is 0 Å². The van der Waals surface area contributed by atoms with Crippen LogP contribution in [0.4, 0.5) is 10.5 Å². The Bertz CT molecular complexity index is 775. The van der Waals surface area contributed by atoms with Crippen LogP contribution in [-0.2, 0) is 14.3 Å². The predicted octanol–water partition coefficient (Wildman–Crippen LogP) is 3.85. The second-order valence-corrected chi connectivity index (χ2v) is 9.27. The quantitative estimate of drug-likeness (QED) is 0.460. The largest absolute Gasteiger partial charge is 0.465 e. The van der Waals surface area contributed by atoms with E-state index in [1.807, 2.05) is 20.8 Å². The Balaban J connectivity index is 2.17. The molecule has 9 heteroatoms. The molecule has 0 spiro atoms. The van der Waals surface area contributed by atoms with Crippen molar-refractivity contribution in [2.45, 2.75) is 59.4 Å². The number of amides is 3. The van der Waals surface area contributed by atoms with Gasteiger partial charge in [-0.15, -0.1) is 0 Å². The fraction of sp³-hybridized carbons (Fsp3) is 0.636. The van der Waals surface area contributed by atoms with E-state index in [1.165, 1.54) is 11.1 Å². The van der Waals surface area contributed by atoms with Crippen LogP contribution in [0.1, 0.15) is 53.4 Å². The van der Waals surface area contributed by atoms with E-state index in [-0.39, 0.29) is 24.2 Å². The summed E-state index contributed by atoms with van der Waals surface area (Å²) in [4.78, 5) is 43.8. The number of rotatable bonds is 8. The third kappa shape index (κ3) is 7.69. The molecule has 8 nitrogen and oxygen atoms in total. The van der Waals surface area contributed by atoms with Crippen molar-refractivity contribution in [1.29, 1.82) is 0 Å². The Hall–Kier alpha value is -2.35. The Labute approximate surface area is 189 Å². The van der Waals surface area contributed by atoms with Crippen molar-refractivity contribution < 1.29 is 19.1 Å². The first-order valence-electron chi connectivity index (χ1n) is 10.7. The first-order valence-corrected chi connectivity index (χ1v) is 11.1. The first-order chi connectivity index (χ1) is 14.6. The van der Waals surface area contributed by atoms with Crippen molar-refractivity contribution in [2.75, 3.05) is 25.0 Å². The molecule has 2 rings (SSSR count). The molecule has 1 aliphatic carbocycles. The Morgan fingerprint density at radius 3 is 2.55 bits per heavy atom. The van der Waals surface area contributed by atoms with Gasteiger partial charge in [0, 0.05) is 12.7 Å². The summed E-state index contributed by atoms with van der Waals surface area (Å²) in [7, 11) is 0. The van der Waals surface area contributed by atoms with Crippen LogP contribution in [0.15, 0.2) is 18.3 Å². The number of ether oxygens (including phenoxy) is 1. The molecule has 0 bridgehead atoms. The van der Waals surface area contributed by atoms with E-state index >= 15 is 0 Å². The van der Waals surface area contributed by atoms with Crippen LogP contribution < -0.4 is 10.6 Å². The number of hydrogen-bond acceptors (Lipinski definition) is 5. The minimum Gasteiger partial charge on any atom is -0.465 e. The van der Waals surface area contributed by atoms with E-state index in [1.54, 1.807) is 19.1 Å². The molecular formula is C22H33ClN4O4. The molecule has 2 N–H and O–H groups in total. The summed E-state index contributed by atoms with van der Waals surface area (Å²) in [5.41, 5.74) is -0.244. The van der Waals surface area contributed by atoms with Crippen molar-refractivity contribution in [2.24, 2.45) is 11.3 Å². The molecule has 1 aromatic heterocycles. The molecule has 1 saturated carbocycles. The van der Waals surface area contributed by atoms with Gasteiger partial charge in [0.05, 0.1) is 12.3 Å². The van der Waals surface area contributed by atoms with Gasteiger partial charge in [0.15, 0.2) is 5.15 Å². The smallest absolute Gasteiger partial charge is 0.325 e. The Morgan fingerprint density at radius 2 is 1.97 bits per heavy atom. The number of esters is 1. The topological polar surface area (TPSA) is 101 Å². The highest BCUT2D eigenvalue weighted by atomic mass is 35.5. The van der Waals surface area contributed by atoms with E-state index in [4.69, 9.17) is 16.3 Å². The maximum absolute atomic E-state index is 13.5. The fourth-order valence-electron chi connectivity index (χ4n) is 3.70. The van der Waals surface area contributed by atoms with Gasteiger partial charge in [-0.2, -0.15) is 0 Å². The van der Waals surface area contributed by atoms with Gasteiger partial charge in [0.2, 0.25) is 5.91 Å². The SMILES string of the molecule is CCOC(=O)CN(CC1CCCC1)C(=O)[C@@H](NC(=O)Nc1cccnc1Cl)C(C)(C)C. The van der Waals surface area contributed by atoms with Crippen LogP contribution in [0.2, 0.25) is 5.15 Å². The van der Waals surface area contributed by atoms with Crippen LogP contribution >= 0.6 is 11.6 Å². The van der Waals surface area contributed by atoms with Gasteiger partial charge < -0.3 is 20.3 Å². The lowest BCUT2D eigenvalue weighted by molar-refractivity contribution is -0.150. The van der Waals surface area contributed by atoms with Gasteiger partial charge in [-0.05, 0) is 43.2 Å². The minimum absolute atomic E-state index is 0.131. The summed E-state index contributed by atoms with van der Waals surface area (Å²) < 4.78 is 5.07. The van der Waals surface area contributed by atoms with Crippen LogP contribution in [0.25, 0.3) is 0 Å². The number of anilines is 1. The average molecular weight is 453 g/mol. The van der Waals surface area contributed by atoms with Crippen LogP contribution in [-0.4, -0.2) is 53.5 Å². The summed E-state index contributed by atoms with van der Waals surface area (Å²) >= 11 is 6.01. The number of urea groups is 1. The standard InChI is InChI=1S/C22H33ClN4O4/c1-5-31-17(28)14-27(13-15-9-6-7-10-15)20(29)18(22(2,3)4)26-21(30)25-16-11-8-12-24-19(16)23/h8,11-12,15,18H,5-7,9-10,13-14H2,1-4H3,(H2,25,26,30)/t18-/m1/s1. The van der Waals surface area contributed by atoms with Gasteiger partial charge in [-0.1, -0.05) is 45.2 Å². The maximum atomic E-state index is 13.5. The number of nitrogens with zero attached hydrogens (tertiary/aromatic N) is 2. The molecule has 1 heterocycles. The van der Waals surface area contributed by atoms with Crippen molar-refractivity contribution in [3.8, 4) is 0 Å². The molecule has 172 valence electrons. The highest BCUT2D eigenvalue weighted by Crippen LogP contribution is 2.27. The average Bonchev–Trinajstić information content (AvgIpc) is 3.19. The van der Waals surface area contributed by atoms with E-state index in [2.05, 4.69) is 15.6 Å². The number of hydrogen-bond donors (Lipinski definition) is 2. The molecule has 1 fully saturated rings. The summed E-state index contributed by atoms with van der Waals surface area (Å²) in [6, 6.07) is 1.85. The van der Waals surface area contributed by atoms with E-state index < -0.39 is 23.5 Å². The zero-order valence-electron chi connectivity index (χ0n) is 18.7. The Kier molecular flexibility index (Phi) is 9.10. The van der Waals surface area contributed by atoms with Gasteiger partial charge in [0.25, 0.3) is 0 Å². The van der Waals surface area contributed by atoms with Gasteiger partial charge in [0.1, 0.15) is 12.6 Å². The molecule has 0 aromatic carbocycles. The minimum atomic E-state index is -0.848. The predicted molar refractivity (Wildman–Crippen MR) is 120 cm³/mol. The molecule has 0 aliphatic heterocycles. The molecular weight excluding hydrogens is 420 g/mol. The first kappa shape index (κ1) is 24.9. The highest BCUT2D eigenvalue weighted by Gasteiger charge is 2.37. The number of aromatic nitrogens is 1. The molecule has 31 heavy (non-hydrogen) atoms. The molecule has 0 radical (unpaired) electrons. The van der Waals surface area contributed by atoms with E-state index in [9.17, 15) is 14.4 Å². The third-order valence-corrected chi connectivity index (χ3v) is 5.59. The third-order valence-electron chi connectivity index (χ3n) is 5.29. The van der Waals surface area contributed by atoms with Crippen LogP contribution in [0.3, 0.4) is 0 Å². The Morgan fingerprint density at radius 1 is 1.29 bits per heavy atom. The number of nitrogens with one attached hydrogen (secondary N) is 2. The lowest BCUT2D eigenvalue weighted by Crippen LogP contribution is -2.57. The number of halogens is 1. The fourth-order valence-corrected chi connectivity index (χ4v) is 3.87. The zero-order valence-corrected chi connectivity index (χ0v) is 19.5. The van der Waals surface area contributed by atoms with Crippen molar-refractivity contribution in [3.63, 3.8) is 0 Å². The molecule has 0 unspecified atom stereocenters. The monoisotopic (exact) mass is 452 g/mol. The summed E-state index contributed by atoms with van der Waals surface area (Å²) in [6.07, 6.45) is 5.83. The van der Waals surface area contributed by atoms with E-state index in [0.29, 0.717) is 18.2 Å². The summed E-state index contributed by atoms with van der Waals surface area (Å²) in [5, 5.41) is 5.55. The van der Waals surface area contributed by atoms with Crippen LogP contribution in [0, 0.1) is 11.3 Å². The van der Waals surface area contributed by atoms with Gasteiger partial charge in [-0.25, -0.2) is 9.78 Å². The van der Waals surface area contributed by atoms with Gasteiger partial charge in [-0.3, -0.25) is 9.59 Å². The number of carbonyl (C=O) groups excluding carboxylic acids is 3. The molecule has 1 aliphatic rings. The summed E-state index contributed by atoms with van der Waals surface area (Å²) in [5.74, 6) is -0.407. The summed E-state index contributed by atoms with van der Waals surface area (Å²) in [6.45, 7) is 7.92. The molecule has 3 amide bonds. The molecule has 0 saturated heterocycles. The molecule has 1 atom stereocenters. The number of pyridine rings is 1.